The molecule has 2 atom stereocenters. The van der Waals surface area contributed by atoms with Gasteiger partial charge in [-0.15, -0.1) is 0 Å². The zero-order chi connectivity index (χ0) is 25.4. The van der Waals surface area contributed by atoms with Gasteiger partial charge in [-0.1, -0.05) is 68.3 Å². The molecule has 2 aromatic carbocycles. The lowest BCUT2D eigenvalue weighted by Gasteiger charge is -2.23. The molecule has 188 valence electrons. The lowest BCUT2D eigenvalue weighted by molar-refractivity contribution is -0.148. The van der Waals surface area contributed by atoms with E-state index in [-0.39, 0.29) is 24.3 Å². The van der Waals surface area contributed by atoms with Crippen LogP contribution in [0.3, 0.4) is 0 Å². The van der Waals surface area contributed by atoms with Gasteiger partial charge in [0, 0.05) is 25.9 Å². The highest BCUT2D eigenvalue weighted by Gasteiger charge is 2.29. The summed E-state index contributed by atoms with van der Waals surface area (Å²) in [7, 11) is 1.52. The SMILES string of the molecule is CCCC(CCNC(=O)OCC1c2ccccc2-c2ccccc21)CCC(=O)N(C)[C@@H](C)C(=O)O. The van der Waals surface area contributed by atoms with E-state index in [0.29, 0.717) is 19.4 Å². The number of carbonyl (C=O) groups excluding carboxylic acids is 2. The highest BCUT2D eigenvalue weighted by atomic mass is 16.5. The van der Waals surface area contributed by atoms with Crippen molar-refractivity contribution in [3.05, 3.63) is 59.7 Å². The van der Waals surface area contributed by atoms with Gasteiger partial charge in [-0.2, -0.15) is 0 Å². The number of carboxylic acids is 1. The Morgan fingerprint density at radius 1 is 1.00 bits per heavy atom. The fourth-order valence-electron chi connectivity index (χ4n) is 4.75. The second-order valence-electron chi connectivity index (χ2n) is 9.25. The molecular formula is C28H36N2O5. The fraction of sp³-hybridized carbons (Fsp3) is 0.464. The first kappa shape index (κ1) is 26.3. The Labute approximate surface area is 207 Å². The molecule has 0 saturated carbocycles. The molecule has 0 aliphatic heterocycles. The van der Waals surface area contributed by atoms with Crippen LogP contribution in [-0.4, -0.2) is 54.2 Å². The summed E-state index contributed by atoms with van der Waals surface area (Å²) >= 11 is 0. The molecule has 0 fully saturated rings. The molecule has 0 bridgehead atoms. The highest BCUT2D eigenvalue weighted by molar-refractivity contribution is 5.83. The number of alkyl carbamates (subject to hydrolysis) is 1. The van der Waals surface area contributed by atoms with Crippen LogP contribution in [0.4, 0.5) is 4.79 Å². The first-order valence-electron chi connectivity index (χ1n) is 12.4. The molecule has 2 amide bonds. The van der Waals surface area contributed by atoms with Gasteiger partial charge < -0.3 is 20.1 Å². The molecule has 1 unspecified atom stereocenters. The van der Waals surface area contributed by atoms with Crippen LogP contribution in [0.1, 0.15) is 63.0 Å². The number of carbonyl (C=O) groups is 3. The van der Waals surface area contributed by atoms with E-state index in [9.17, 15) is 14.4 Å². The minimum atomic E-state index is -1.02. The number of benzene rings is 2. The lowest BCUT2D eigenvalue weighted by Crippen LogP contribution is -2.40. The lowest BCUT2D eigenvalue weighted by atomic mass is 9.94. The molecule has 1 aliphatic rings. The van der Waals surface area contributed by atoms with E-state index < -0.39 is 18.1 Å². The summed E-state index contributed by atoms with van der Waals surface area (Å²) in [5.41, 5.74) is 4.74. The minimum Gasteiger partial charge on any atom is -0.480 e. The third-order valence-corrected chi connectivity index (χ3v) is 6.96. The Morgan fingerprint density at radius 3 is 2.17 bits per heavy atom. The summed E-state index contributed by atoms with van der Waals surface area (Å²) in [6.07, 6.45) is 3.18. The number of nitrogens with one attached hydrogen (secondary N) is 1. The zero-order valence-corrected chi connectivity index (χ0v) is 20.8. The van der Waals surface area contributed by atoms with Gasteiger partial charge >= 0.3 is 12.1 Å². The number of aliphatic carboxylic acids is 1. The van der Waals surface area contributed by atoms with E-state index in [1.165, 1.54) is 41.1 Å². The van der Waals surface area contributed by atoms with E-state index >= 15 is 0 Å². The van der Waals surface area contributed by atoms with E-state index in [1.54, 1.807) is 0 Å². The average Bonchev–Trinajstić information content (AvgIpc) is 3.18. The van der Waals surface area contributed by atoms with E-state index in [0.717, 1.165) is 19.3 Å². The molecule has 3 rings (SSSR count). The van der Waals surface area contributed by atoms with Crippen molar-refractivity contribution < 1.29 is 24.2 Å². The van der Waals surface area contributed by atoms with Gasteiger partial charge in [-0.25, -0.2) is 9.59 Å². The number of hydrogen-bond donors (Lipinski definition) is 2. The Kier molecular flexibility index (Phi) is 9.29. The van der Waals surface area contributed by atoms with Crippen LogP contribution in [0.2, 0.25) is 0 Å². The maximum absolute atomic E-state index is 12.4. The van der Waals surface area contributed by atoms with Gasteiger partial charge in [-0.3, -0.25) is 4.79 Å². The number of nitrogens with zero attached hydrogens (tertiary/aromatic N) is 1. The van der Waals surface area contributed by atoms with E-state index in [4.69, 9.17) is 9.84 Å². The third-order valence-electron chi connectivity index (χ3n) is 6.96. The summed E-state index contributed by atoms with van der Waals surface area (Å²) in [6.45, 7) is 4.34. The predicted molar refractivity (Wildman–Crippen MR) is 135 cm³/mol. The highest BCUT2D eigenvalue weighted by Crippen LogP contribution is 2.44. The van der Waals surface area contributed by atoms with Gasteiger partial charge in [0.1, 0.15) is 12.6 Å². The second-order valence-corrected chi connectivity index (χ2v) is 9.25. The van der Waals surface area contributed by atoms with E-state index in [1.807, 2.05) is 24.3 Å². The minimum absolute atomic E-state index is 0.0252. The zero-order valence-electron chi connectivity index (χ0n) is 20.8. The molecule has 0 saturated heterocycles. The maximum Gasteiger partial charge on any atom is 0.407 e. The van der Waals surface area contributed by atoms with Crippen molar-refractivity contribution in [2.24, 2.45) is 5.92 Å². The smallest absolute Gasteiger partial charge is 0.407 e. The van der Waals surface area contributed by atoms with Crippen molar-refractivity contribution in [3.63, 3.8) is 0 Å². The summed E-state index contributed by atoms with van der Waals surface area (Å²) in [6, 6.07) is 15.6. The second kappa shape index (κ2) is 12.4. The third kappa shape index (κ3) is 6.62. The van der Waals surface area contributed by atoms with Crippen molar-refractivity contribution in [1.82, 2.24) is 10.2 Å². The number of amides is 2. The van der Waals surface area contributed by atoms with Gasteiger partial charge in [-0.05, 0) is 47.9 Å². The summed E-state index contributed by atoms with van der Waals surface area (Å²) < 4.78 is 5.59. The number of fused-ring (bicyclic) bond motifs is 3. The van der Waals surface area contributed by atoms with Crippen LogP contribution < -0.4 is 5.32 Å². The first-order valence-corrected chi connectivity index (χ1v) is 12.4. The molecular weight excluding hydrogens is 444 g/mol. The van der Waals surface area contributed by atoms with Crippen LogP contribution in [0, 0.1) is 5.92 Å². The van der Waals surface area contributed by atoms with Gasteiger partial charge in [0.25, 0.3) is 0 Å². The van der Waals surface area contributed by atoms with Crippen molar-refractivity contribution in [3.8, 4) is 11.1 Å². The van der Waals surface area contributed by atoms with Crippen molar-refractivity contribution >= 4 is 18.0 Å². The normalized spacial score (nSPS) is 13.9. The molecule has 0 spiro atoms. The van der Waals surface area contributed by atoms with Crippen LogP contribution >= 0.6 is 0 Å². The van der Waals surface area contributed by atoms with Gasteiger partial charge in [0.2, 0.25) is 5.91 Å². The Morgan fingerprint density at radius 2 is 1.60 bits per heavy atom. The monoisotopic (exact) mass is 480 g/mol. The molecule has 1 aliphatic carbocycles. The van der Waals surface area contributed by atoms with Crippen LogP contribution in [0.25, 0.3) is 11.1 Å². The molecule has 0 radical (unpaired) electrons. The average molecular weight is 481 g/mol. The first-order chi connectivity index (χ1) is 16.8. The summed E-state index contributed by atoms with van der Waals surface area (Å²) in [5.74, 6) is -0.896. The van der Waals surface area contributed by atoms with E-state index in [2.05, 4.69) is 36.5 Å². The molecule has 35 heavy (non-hydrogen) atoms. The van der Waals surface area contributed by atoms with Gasteiger partial charge in [0.05, 0.1) is 0 Å². The molecule has 0 heterocycles. The number of ether oxygens (including phenoxy) is 1. The molecule has 0 aromatic heterocycles. The molecule has 7 nitrogen and oxygen atoms in total. The standard InChI is InChI=1S/C28H36N2O5/c1-4-9-20(14-15-26(31)30(3)19(2)27(32)33)16-17-29-28(34)35-18-25-23-12-7-5-10-21(23)22-11-6-8-13-24(22)25/h5-8,10-13,19-20,25H,4,9,14-18H2,1-3H3,(H,29,34)(H,32,33)/t19-,20?/m0/s1. The Bertz CT molecular complexity index is 992. The van der Waals surface area contributed by atoms with Crippen LogP contribution in [-0.2, 0) is 14.3 Å². The number of hydrogen-bond acceptors (Lipinski definition) is 4. The van der Waals surface area contributed by atoms with Crippen molar-refractivity contribution in [2.75, 3.05) is 20.2 Å². The summed E-state index contributed by atoms with van der Waals surface area (Å²) in [4.78, 5) is 37.1. The van der Waals surface area contributed by atoms with Crippen molar-refractivity contribution in [1.29, 1.82) is 0 Å². The summed E-state index contributed by atoms with van der Waals surface area (Å²) in [5, 5.41) is 11.9. The van der Waals surface area contributed by atoms with Crippen molar-refractivity contribution in [2.45, 2.75) is 57.9 Å². The Balaban J connectivity index is 1.45. The molecule has 7 heteroatoms. The Hall–Kier alpha value is -3.35. The number of rotatable bonds is 12. The number of likely N-dealkylation sites (N-methyl/N-ethyl adjacent to an activating group) is 1. The van der Waals surface area contributed by atoms with Gasteiger partial charge in [0.15, 0.2) is 0 Å². The molecule has 2 N–H and O–H groups in total. The quantitative estimate of drug-likeness (QED) is 0.444. The number of carboxylic acid groups (broad SMARTS) is 1. The largest absolute Gasteiger partial charge is 0.480 e. The maximum atomic E-state index is 12.4. The topological polar surface area (TPSA) is 95.9 Å². The van der Waals surface area contributed by atoms with Crippen LogP contribution in [0.5, 0.6) is 0 Å². The predicted octanol–water partition coefficient (Wildman–Crippen LogP) is 5.04. The fourth-order valence-corrected chi connectivity index (χ4v) is 4.75. The van der Waals surface area contributed by atoms with Crippen LogP contribution in [0.15, 0.2) is 48.5 Å². The molecule has 2 aromatic rings.